The van der Waals surface area contributed by atoms with Crippen LogP contribution in [0.4, 0.5) is 5.82 Å². The third kappa shape index (κ3) is 5.35. The van der Waals surface area contributed by atoms with Crippen LogP contribution in [0.3, 0.4) is 0 Å². The van der Waals surface area contributed by atoms with Crippen molar-refractivity contribution in [3.63, 3.8) is 0 Å². The van der Waals surface area contributed by atoms with E-state index in [0.717, 1.165) is 17.0 Å². The molecule has 1 N–H and O–H groups in total. The standard InChI is InChI=1S/C23H23N5O4S/c1-4-31-18-10-8-17(9-11-18)28-22(16-6-5-7-19(13-16)30-3)25-26-23(28)33-14-21(29)24-20-12-15(2)32-27-20/h5-13H,4,14H2,1-3H3,(H,24,27,29). The fourth-order valence-electron chi connectivity index (χ4n) is 3.14. The summed E-state index contributed by atoms with van der Waals surface area (Å²) >= 11 is 1.27. The van der Waals surface area contributed by atoms with Crippen LogP contribution in [0, 0.1) is 6.92 Å². The highest BCUT2D eigenvalue weighted by Gasteiger charge is 2.18. The van der Waals surface area contributed by atoms with Gasteiger partial charge in [0.15, 0.2) is 16.8 Å². The molecule has 4 rings (SSSR count). The molecule has 0 saturated heterocycles. The molecule has 10 heteroatoms. The van der Waals surface area contributed by atoms with Crippen molar-refractivity contribution >= 4 is 23.5 Å². The number of amides is 1. The van der Waals surface area contributed by atoms with Crippen LogP contribution >= 0.6 is 11.8 Å². The first-order valence-corrected chi connectivity index (χ1v) is 11.2. The molecule has 170 valence electrons. The topological polar surface area (TPSA) is 104 Å². The Balaban J connectivity index is 1.63. The minimum atomic E-state index is -0.225. The molecule has 4 aromatic rings. The predicted octanol–water partition coefficient (Wildman–Crippen LogP) is 4.37. The molecular formula is C23H23N5O4S. The lowest BCUT2D eigenvalue weighted by atomic mass is 10.2. The summed E-state index contributed by atoms with van der Waals surface area (Å²) in [4.78, 5) is 12.4. The Kier molecular flexibility index (Phi) is 6.94. The van der Waals surface area contributed by atoms with Crippen molar-refractivity contribution in [3.8, 4) is 28.6 Å². The average Bonchev–Trinajstić information content (AvgIpc) is 3.44. The van der Waals surface area contributed by atoms with Crippen LogP contribution in [-0.2, 0) is 4.79 Å². The number of carbonyl (C=O) groups excluding carboxylic acids is 1. The zero-order valence-corrected chi connectivity index (χ0v) is 19.3. The zero-order valence-electron chi connectivity index (χ0n) is 18.4. The lowest BCUT2D eigenvalue weighted by Crippen LogP contribution is -2.14. The first-order chi connectivity index (χ1) is 16.1. The fraction of sp³-hybridized carbons (Fsp3) is 0.217. The molecule has 33 heavy (non-hydrogen) atoms. The van der Waals surface area contributed by atoms with Crippen LogP contribution < -0.4 is 14.8 Å². The van der Waals surface area contributed by atoms with Crippen LogP contribution in [-0.4, -0.2) is 45.3 Å². The van der Waals surface area contributed by atoms with Crippen molar-refractivity contribution in [3.05, 3.63) is 60.4 Å². The van der Waals surface area contributed by atoms with E-state index in [0.29, 0.717) is 34.9 Å². The summed E-state index contributed by atoms with van der Waals surface area (Å²) in [5, 5.41) is 15.8. The van der Waals surface area contributed by atoms with Crippen molar-refractivity contribution in [1.29, 1.82) is 0 Å². The Hall–Kier alpha value is -3.79. The molecule has 0 saturated carbocycles. The predicted molar refractivity (Wildman–Crippen MR) is 125 cm³/mol. The largest absolute Gasteiger partial charge is 0.497 e. The highest BCUT2D eigenvalue weighted by Crippen LogP contribution is 2.30. The molecule has 2 heterocycles. The molecule has 0 radical (unpaired) electrons. The molecule has 0 aliphatic rings. The number of thioether (sulfide) groups is 1. The van der Waals surface area contributed by atoms with E-state index in [4.69, 9.17) is 14.0 Å². The van der Waals surface area contributed by atoms with E-state index in [-0.39, 0.29) is 11.7 Å². The van der Waals surface area contributed by atoms with Gasteiger partial charge in [-0.1, -0.05) is 29.1 Å². The first-order valence-electron chi connectivity index (χ1n) is 10.3. The number of aryl methyl sites for hydroxylation is 1. The lowest BCUT2D eigenvalue weighted by Gasteiger charge is -2.12. The summed E-state index contributed by atoms with van der Waals surface area (Å²) in [6.45, 7) is 4.29. The van der Waals surface area contributed by atoms with Crippen molar-refractivity contribution in [2.75, 3.05) is 24.8 Å². The van der Waals surface area contributed by atoms with E-state index in [1.807, 2.05) is 60.0 Å². The summed E-state index contributed by atoms with van der Waals surface area (Å²) < 4.78 is 17.8. The maximum atomic E-state index is 12.4. The quantitative estimate of drug-likeness (QED) is 0.364. The third-order valence-electron chi connectivity index (χ3n) is 4.60. The van der Waals surface area contributed by atoms with E-state index in [1.54, 1.807) is 20.1 Å². The zero-order chi connectivity index (χ0) is 23.2. The fourth-order valence-corrected chi connectivity index (χ4v) is 3.89. The van der Waals surface area contributed by atoms with Gasteiger partial charge in [0.05, 0.1) is 19.5 Å². The number of rotatable bonds is 9. The number of carbonyl (C=O) groups is 1. The first kappa shape index (κ1) is 22.4. The van der Waals surface area contributed by atoms with Crippen molar-refractivity contribution < 1.29 is 18.8 Å². The van der Waals surface area contributed by atoms with E-state index >= 15 is 0 Å². The van der Waals surface area contributed by atoms with Gasteiger partial charge in [0.1, 0.15) is 17.3 Å². The van der Waals surface area contributed by atoms with Crippen molar-refractivity contribution in [1.82, 2.24) is 19.9 Å². The number of hydrogen-bond donors (Lipinski definition) is 1. The maximum absolute atomic E-state index is 12.4. The second-order valence-electron chi connectivity index (χ2n) is 6.96. The second kappa shape index (κ2) is 10.2. The molecule has 0 atom stereocenters. The molecule has 9 nitrogen and oxygen atoms in total. The number of methoxy groups -OCH3 is 1. The van der Waals surface area contributed by atoms with Gasteiger partial charge in [-0.2, -0.15) is 0 Å². The SMILES string of the molecule is CCOc1ccc(-n2c(SCC(=O)Nc3cc(C)on3)nnc2-c2cccc(OC)c2)cc1. The number of nitrogens with one attached hydrogen (secondary N) is 1. The van der Waals surface area contributed by atoms with Crippen LogP contribution in [0.5, 0.6) is 11.5 Å². The Morgan fingerprint density at radius 1 is 1.12 bits per heavy atom. The van der Waals surface area contributed by atoms with Gasteiger partial charge in [-0.25, -0.2) is 0 Å². The van der Waals surface area contributed by atoms with E-state index in [2.05, 4.69) is 20.7 Å². The van der Waals surface area contributed by atoms with Crippen LogP contribution in [0.25, 0.3) is 17.1 Å². The number of aromatic nitrogens is 4. The number of anilines is 1. The molecule has 0 bridgehead atoms. The Morgan fingerprint density at radius 2 is 1.94 bits per heavy atom. The molecule has 1 amide bonds. The summed E-state index contributed by atoms with van der Waals surface area (Å²) in [6.07, 6.45) is 0. The van der Waals surface area contributed by atoms with Gasteiger partial charge < -0.3 is 19.3 Å². The highest BCUT2D eigenvalue weighted by molar-refractivity contribution is 7.99. The third-order valence-corrected chi connectivity index (χ3v) is 5.52. The van der Waals surface area contributed by atoms with Gasteiger partial charge in [0.2, 0.25) is 5.91 Å². The van der Waals surface area contributed by atoms with Crippen LogP contribution in [0.2, 0.25) is 0 Å². The summed E-state index contributed by atoms with van der Waals surface area (Å²) in [5.74, 6) is 3.02. The molecule has 0 fully saturated rings. The molecule has 2 aromatic carbocycles. The lowest BCUT2D eigenvalue weighted by molar-refractivity contribution is -0.113. The number of hydrogen-bond acceptors (Lipinski definition) is 8. The number of benzene rings is 2. The maximum Gasteiger partial charge on any atom is 0.236 e. The van der Waals surface area contributed by atoms with Gasteiger partial charge in [0, 0.05) is 17.3 Å². The molecule has 2 aromatic heterocycles. The average molecular weight is 466 g/mol. The van der Waals surface area contributed by atoms with Crippen molar-refractivity contribution in [2.45, 2.75) is 19.0 Å². The Bertz CT molecular complexity index is 1240. The molecule has 0 unspecified atom stereocenters. The van der Waals surface area contributed by atoms with Crippen molar-refractivity contribution in [2.24, 2.45) is 0 Å². The van der Waals surface area contributed by atoms with Gasteiger partial charge in [0.25, 0.3) is 0 Å². The molecular weight excluding hydrogens is 442 g/mol. The van der Waals surface area contributed by atoms with Crippen LogP contribution in [0.15, 0.2) is 64.3 Å². The highest BCUT2D eigenvalue weighted by atomic mass is 32.2. The number of nitrogens with zero attached hydrogens (tertiary/aromatic N) is 4. The minimum absolute atomic E-state index is 0.124. The molecule has 0 aliphatic heterocycles. The van der Waals surface area contributed by atoms with Crippen LogP contribution in [0.1, 0.15) is 12.7 Å². The Labute approximate surface area is 195 Å². The van der Waals surface area contributed by atoms with Gasteiger partial charge in [-0.3, -0.25) is 9.36 Å². The van der Waals surface area contributed by atoms with E-state index in [1.165, 1.54) is 11.8 Å². The smallest absolute Gasteiger partial charge is 0.236 e. The van der Waals surface area contributed by atoms with E-state index in [9.17, 15) is 4.79 Å². The van der Waals surface area contributed by atoms with Gasteiger partial charge in [-0.15, -0.1) is 10.2 Å². The van der Waals surface area contributed by atoms with E-state index < -0.39 is 0 Å². The minimum Gasteiger partial charge on any atom is -0.497 e. The Morgan fingerprint density at radius 3 is 2.64 bits per heavy atom. The summed E-state index contributed by atoms with van der Waals surface area (Å²) in [7, 11) is 1.62. The summed E-state index contributed by atoms with van der Waals surface area (Å²) in [5.41, 5.74) is 1.68. The second-order valence-corrected chi connectivity index (χ2v) is 7.90. The molecule has 0 aliphatic carbocycles. The number of ether oxygens (including phenoxy) is 2. The normalized spacial score (nSPS) is 10.8. The van der Waals surface area contributed by atoms with Gasteiger partial charge in [-0.05, 0) is 50.2 Å². The van der Waals surface area contributed by atoms with Gasteiger partial charge >= 0.3 is 0 Å². The summed E-state index contributed by atoms with van der Waals surface area (Å²) in [6, 6.07) is 16.9. The molecule has 0 spiro atoms. The monoisotopic (exact) mass is 465 g/mol.